The second-order valence-electron chi connectivity index (χ2n) is 4.46. The van der Waals surface area contributed by atoms with Crippen LogP contribution in [0.25, 0.3) is 0 Å². The lowest BCUT2D eigenvalue weighted by atomic mass is 10.3. The average Bonchev–Trinajstić information content (AvgIpc) is 2.70. The normalized spacial score (nSPS) is 10.4. The molecule has 1 aromatic carbocycles. The van der Waals surface area contributed by atoms with Gasteiger partial charge in [-0.25, -0.2) is 9.40 Å². The van der Waals surface area contributed by atoms with Crippen LogP contribution in [0.4, 0.5) is 10.1 Å². The van der Waals surface area contributed by atoms with E-state index in [0.717, 1.165) is 5.01 Å². The van der Waals surface area contributed by atoms with Gasteiger partial charge in [-0.2, -0.15) is 5.10 Å². The quantitative estimate of drug-likeness (QED) is 0.644. The van der Waals surface area contributed by atoms with Crippen molar-refractivity contribution in [1.82, 2.24) is 15.2 Å². The molecule has 0 unspecified atom stereocenters. The molecule has 0 atom stereocenters. The maximum absolute atomic E-state index is 13.0. The number of hydrogen-bond donors (Lipinski definition) is 2. The van der Waals surface area contributed by atoms with Crippen molar-refractivity contribution >= 4 is 40.5 Å². The Kier molecular flexibility index (Phi) is 4.62. The molecular weight excluding hydrogens is 329 g/mol. The minimum atomic E-state index is -0.537. The third-order valence-electron chi connectivity index (χ3n) is 2.88. The fraction of sp³-hybridized carbons (Fsp3) is 0.154. The number of amides is 1. The number of aryl methyl sites for hydroxylation is 2. The van der Waals surface area contributed by atoms with Gasteiger partial charge in [-0.1, -0.05) is 11.6 Å². The number of hydrogen-bond acceptors (Lipinski definition) is 3. The van der Waals surface area contributed by atoms with Crippen molar-refractivity contribution in [3.8, 4) is 0 Å². The van der Waals surface area contributed by atoms with Gasteiger partial charge >= 0.3 is 0 Å². The third-order valence-corrected chi connectivity index (χ3v) is 3.52. The van der Waals surface area contributed by atoms with Crippen LogP contribution in [0.5, 0.6) is 0 Å². The van der Waals surface area contributed by atoms with Gasteiger partial charge in [0.2, 0.25) is 0 Å². The molecule has 116 valence electrons. The summed E-state index contributed by atoms with van der Waals surface area (Å²) in [6.45, 7) is 1.68. The van der Waals surface area contributed by atoms with Crippen LogP contribution >= 0.6 is 23.8 Å². The topological polar surface area (TPSA) is 76.2 Å². The number of rotatable bonds is 2. The van der Waals surface area contributed by atoms with Crippen LogP contribution in [0.15, 0.2) is 24.3 Å². The van der Waals surface area contributed by atoms with Gasteiger partial charge in [-0.05, 0) is 43.4 Å². The molecule has 9 heteroatoms. The molecule has 2 rings (SSSR count). The Hall–Kier alpha value is -2.19. The van der Waals surface area contributed by atoms with Gasteiger partial charge in [0.15, 0.2) is 5.11 Å². The zero-order valence-electron chi connectivity index (χ0n) is 11.8. The van der Waals surface area contributed by atoms with Crippen molar-refractivity contribution < 1.29 is 9.18 Å². The summed E-state index contributed by atoms with van der Waals surface area (Å²) >= 11 is 11.0. The van der Waals surface area contributed by atoms with E-state index >= 15 is 0 Å². The van der Waals surface area contributed by atoms with Crippen molar-refractivity contribution in [2.75, 3.05) is 5.01 Å². The molecule has 6 nitrogen and oxygen atoms in total. The van der Waals surface area contributed by atoms with Crippen LogP contribution < -0.4 is 16.2 Å². The first-order chi connectivity index (χ1) is 10.3. The van der Waals surface area contributed by atoms with E-state index in [4.69, 9.17) is 29.6 Å². The summed E-state index contributed by atoms with van der Waals surface area (Å²) in [5.41, 5.74) is 9.24. The summed E-state index contributed by atoms with van der Waals surface area (Å²) in [7, 11) is 1.59. The van der Waals surface area contributed by atoms with E-state index in [0.29, 0.717) is 11.4 Å². The fourth-order valence-corrected chi connectivity index (χ4v) is 2.27. The van der Waals surface area contributed by atoms with E-state index in [9.17, 15) is 9.18 Å². The molecule has 0 bridgehead atoms. The van der Waals surface area contributed by atoms with Gasteiger partial charge in [0.05, 0.1) is 16.4 Å². The first-order valence-corrected chi connectivity index (χ1v) is 6.95. The molecule has 2 aromatic rings. The number of thiocarbonyl (C=S) groups is 1. The third kappa shape index (κ3) is 3.18. The molecule has 0 aliphatic carbocycles. The van der Waals surface area contributed by atoms with Gasteiger partial charge < -0.3 is 5.73 Å². The lowest BCUT2D eigenvalue weighted by molar-refractivity contribution is 0.0946. The number of carbonyl (C=O) groups is 1. The molecule has 0 aliphatic rings. The monoisotopic (exact) mass is 341 g/mol. The Morgan fingerprint density at radius 2 is 2.05 bits per heavy atom. The number of nitrogens with two attached hydrogens (primary N) is 1. The maximum atomic E-state index is 13.0. The Balaban J connectivity index is 2.30. The molecule has 0 saturated heterocycles. The molecule has 0 spiro atoms. The first-order valence-electron chi connectivity index (χ1n) is 6.16. The van der Waals surface area contributed by atoms with Gasteiger partial charge in [0, 0.05) is 7.05 Å². The van der Waals surface area contributed by atoms with Crippen LogP contribution in [0.1, 0.15) is 16.2 Å². The second kappa shape index (κ2) is 6.29. The second-order valence-corrected chi connectivity index (χ2v) is 5.26. The molecule has 3 N–H and O–H groups in total. The molecule has 0 saturated carbocycles. The largest absolute Gasteiger partial charge is 0.374 e. The van der Waals surface area contributed by atoms with E-state index in [1.54, 1.807) is 14.0 Å². The van der Waals surface area contributed by atoms with Crippen LogP contribution in [-0.4, -0.2) is 20.8 Å². The highest BCUT2D eigenvalue weighted by Crippen LogP contribution is 2.20. The summed E-state index contributed by atoms with van der Waals surface area (Å²) in [4.78, 5) is 12.4. The average molecular weight is 342 g/mol. The molecule has 0 radical (unpaired) electrons. The van der Waals surface area contributed by atoms with E-state index in [2.05, 4.69) is 10.5 Å². The van der Waals surface area contributed by atoms with E-state index in [1.807, 2.05) is 0 Å². The van der Waals surface area contributed by atoms with E-state index in [1.165, 1.54) is 28.9 Å². The number of nitrogens with zero attached hydrogens (tertiary/aromatic N) is 3. The number of benzene rings is 1. The fourth-order valence-electron chi connectivity index (χ4n) is 1.87. The van der Waals surface area contributed by atoms with Gasteiger partial charge in [0.25, 0.3) is 5.91 Å². The number of aromatic nitrogens is 2. The zero-order chi connectivity index (χ0) is 16.4. The van der Waals surface area contributed by atoms with E-state index < -0.39 is 11.7 Å². The van der Waals surface area contributed by atoms with Crippen molar-refractivity contribution in [2.45, 2.75) is 6.92 Å². The lowest BCUT2D eigenvalue weighted by Crippen LogP contribution is -2.49. The standard InChI is InChI=1S/C13H13ClFN5OS/c1-7-10(14)11(19(2)17-7)12(21)18-20(13(16)22)9-5-3-8(15)4-6-9/h3-6H,1-2H3,(H2,16,22)(H,18,21). The number of hydrazine groups is 1. The van der Waals surface area contributed by atoms with Gasteiger partial charge in [0.1, 0.15) is 11.5 Å². The molecule has 22 heavy (non-hydrogen) atoms. The smallest absolute Gasteiger partial charge is 0.289 e. The SMILES string of the molecule is Cc1nn(C)c(C(=O)NN(C(N)=S)c2ccc(F)cc2)c1Cl. The highest BCUT2D eigenvalue weighted by Gasteiger charge is 2.22. The molecule has 0 aliphatic heterocycles. The molecular formula is C13H13ClFN5OS. The van der Waals surface area contributed by atoms with E-state index in [-0.39, 0.29) is 15.8 Å². The predicted molar refractivity (Wildman–Crippen MR) is 86.1 cm³/mol. The highest BCUT2D eigenvalue weighted by atomic mass is 35.5. The lowest BCUT2D eigenvalue weighted by Gasteiger charge is -2.23. The summed E-state index contributed by atoms with van der Waals surface area (Å²) in [6, 6.07) is 5.33. The van der Waals surface area contributed by atoms with Crippen LogP contribution in [0.2, 0.25) is 5.02 Å². The van der Waals surface area contributed by atoms with Crippen molar-refractivity contribution in [3.63, 3.8) is 0 Å². The summed E-state index contributed by atoms with van der Waals surface area (Å²) in [5.74, 6) is -0.950. The zero-order valence-corrected chi connectivity index (χ0v) is 13.4. The Bertz CT molecular complexity index is 731. The molecule has 1 amide bonds. The summed E-state index contributed by atoms with van der Waals surface area (Å²) in [6.07, 6.45) is 0. The summed E-state index contributed by atoms with van der Waals surface area (Å²) < 4.78 is 14.3. The predicted octanol–water partition coefficient (Wildman–Crippen LogP) is 1.92. The number of anilines is 1. The van der Waals surface area contributed by atoms with Crippen molar-refractivity contribution in [3.05, 3.63) is 46.5 Å². The van der Waals surface area contributed by atoms with Gasteiger partial charge in [-0.3, -0.25) is 14.9 Å². The minimum Gasteiger partial charge on any atom is -0.374 e. The first kappa shape index (κ1) is 16.2. The van der Waals surface area contributed by atoms with Crippen LogP contribution in [-0.2, 0) is 7.05 Å². The van der Waals surface area contributed by atoms with Crippen LogP contribution in [0, 0.1) is 12.7 Å². The van der Waals surface area contributed by atoms with Crippen molar-refractivity contribution in [2.24, 2.45) is 12.8 Å². The molecule has 1 heterocycles. The van der Waals surface area contributed by atoms with Crippen LogP contribution in [0.3, 0.4) is 0 Å². The minimum absolute atomic E-state index is 0.102. The van der Waals surface area contributed by atoms with Crippen molar-refractivity contribution in [1.29, 1.82) is 0 Å². The molecule has 0 fully saturated rings. The Morgan fingerprint density at radius 1 is 1.45 bits per heavy atom. The maximum Gasteiger partial charge on any atom is 0.289 e. The number of nitrogens with one attached hydrogen (secondary N) is 1. The Labute approximate surface area is 136 Å². The Morgan fingerprint density at radius 3 is 2.50 bits per heavy atom. The number of carbonyl (C=O) groups excluding carboxylic acids is 1. The molecule has 1 aromatic heterocycles. The summed E-state index contributed by atoms with van der Waals surface area (Å²) in [5, 5.41) is 5.36. The van der Waals surface area contributed by atoms with Gasteiger partial charge in [-0.15, -0.1) is 0 Å². The number of halogens is 2. The highest BCUT2D eigenvalue weighted by molar-refractivity contribution is 7.80.